The van der Waals surface area contributed by atoms with Crippen LogP contribution < -0.4 is 16.0 Å². The molecule has 0 amide bonds. The van der Waals surface area contributed by atoms with E-state index in [4.69, 9.17) is 0 Å². The van der Waals surface area contributed by atoms with E-state index in [0.29, 0.717) is 30.7 Å². The molecule has 0 bridgehead atoms. The summed E-state index contributed by atoms with van der Waals surface area (Å²) < 4.78 is 0. The summed E-state index contributed by atoms with van der Waals surface area (Å²) in [4.78, 5) is 15.0. The Hall–Kier alpha value is -1.58. The number of hydrogen-bond donors (Lipinski definition) is 3. The number of nitrogens with zero attached hydrogens (tertiary/aromatic N) is 2. The topological polar surface area (TPSA) is 91.6 Å². The second-order valence-corrected chi connectivity index (χ2v) is 5.43. The van der Waals surface area contributed by atoms with Gasteiger partial charge in [-0.25, -0.2) is 0 Å². The maximum absolute atomic E-state index is 10.9. The van der Waals surface area contributed by atoms with E-state index in [1.165, 1.54) is 12.5 Å². The van der Waals surface area contributed by atoms with Crippen molar-refractivity contribution >= 4 is 41.3 Å². The first-order chi connectivity index (χ1) is 10.6. The molecule has 2 atom stereocenters. The van der Waals surface area contributed by atoms with Crippen molar-refractivity contribution in [2.45, 2.75) is 26.3 Å². The fraction of sp³-hybridized carbons (Fsp3) is 0.533. The Kier molecular flexibility index (Phi) is 8.07. The largest absolute Gasteiger partial charge is 0.378 e. The number of guanidine groups is 1. The van der Waals surface area contributed by atoms with Gasteiger partial charge in [-0.05, 0) is 25.3 Å². The smallest absolute Gasteiger partial charge is 0.292 e. The van der Waals surface area contributed by atoms with Crippen LogP contribution in [-0.4, -0.2) is 36.6 Å². The summed E-state index contributed by atoms with van der Waals surface area (Å²) in [7, 11) is 0. The molecule has 1 fully saturated rings. The number of nitro groups is 1. The lowest BCUT2D eigenvalue weighted by Gasteiger charge is -2.11. The van der Waals surface area contributed by atoms with Gasteiger partial charge in [-0.2, -0.15) is 0 Å². The lowest BCUT2D eigenvalue weighted by atomic mass is 10.2. The Labute approximate surface area is 153 Å². The third-order valence-electron chi connectivity index (χ3n) is 3.57. The SMILES string of the molecule is CCNC(=NCCNc1ccccc1[N+](=O)[O-])NC1CC1C.I. The van der Waals surface area contributed by atoms with Crippen LogP contribution >= 0.6 is 24.0 Å². The highest BCUT2D eigenvalue weighted by molar-refractivity contribution is 14.0. The first-order valence-corrected chi connectivity index (χ1v) is 7.64. The fourth-order valence-corrected chi connectivity index (χ4v) is 2.16. The summed E-state index contributed by atoms with van der Waals surface area (Å²) in [5, 5.41) is 20.6. The molecule has 8 heteroatoms. The van der Waals surface area contributed by atoms with Gasteiger partial charge in [-0.3, -0.25) is 15.1 Å². The van der Waals surface area contributed by atoms with Crippen LogP contribution in [0.1, 0.15) is 20.3 Å². The zero-order valence-electron chi connectivity index (χ0n) is 13.4. The second-order valence-electron chi connectivity index (χ2n) is 5.43. The number of nitrogens with one attached hydrogen (secondary N) is 3. The van der Waals surface area contributed by atoms with Crippen molar-refractivity contribution in [1.29, 1.82) is 0 Å². The number of aliphatic imine (C=N–C) groups is 1. The maximum atomic E-state index is 10.9. The molecule has 0 spiro atoms. The average molecular weight is 433 g/mol. The number of nitro benzene ring substituents is 1. The Balaban J connectivity index is 0.00000264. The van der Waals surface area contributed by atoms with Crippen LogP contribution in [0.4, 0.5) is 11.4 Å². The molecule has 23 heavy (non-hydrogen) atoms. The number of benzene rings is 1. The Morgan fingerprint density at radius 3 is 2.74 bits per heavy atom. The summed E-state index contributed by atoms with van der Waals surface area (Å²) in [6.07, 6.45) is 1.18. The molecule has 1 aromatic carbocycles. The van der Waals surface area contributed by atoms with Crippen molar-refractivity contribution in [2.24, 2.45) is 10.9 Å². The summed E-state index contributed by atoms with van der Waals surface area (Å²) in [6.45, 7) is 6.13. The van der Waals surface area contributed by atoms with Crippen molar-refractivity contribution in [3.63, 3.8) is 0 Å². The van der Waals surface area contributed by atoms with E-state index in [2.05, 4.69) is 27.9 Å². The molecule has 1 aromatic rings. The van der Waals surface area contributed by atoms with Gasteiger partial charge in [0.15, 0.2) is 5.96 Å². The minimum atomic E-state index is -0.383. The molecular weight excluding hydrogens is 409 g/mol. The molecule has 0 radical (unpaired) electrons. The van der Waals surface area contributed by atoms with E-state index in [-0.39, 0.29) is 34.6 Å². The zero-order chi connectivity index (χ0) is 15.9. The number of rotatable bonds is 7. The van der Waals surface area contributed by atoms with E-state index in [0.717, 1.165) is 12.5 Å². The lowest BCUT2D eigenvalue weighted by Crippen LogP contribution is -2.39. The highest BCUT2D eigenvalue weighted by atomic mass is 127. The molecule has 3 N–H and O–H groups in total. The molecule has 0 saturated heterocycles. The molecule has 1 saturated carbocycles. The van der Waals surface area contributed by atoms with Crippen LogP contribution in [0.15, 0.2) is 29.3 Å². The van der Waals surface area contributed by atoms with Crippen LogP contribution in [0.3, 0.4) is 0 Å². The molecule has 1 aliphatic carbocycles. The molecule has 2 unspecified atom stereocenters. The zero-order valence-corrected chi connectivity index (χ0v) is 15.7. The highest BCUT2D eigenvalue weighted by Gasteiger charge is 2.33. The quantitative estimate of drug-likeness (QED) is 0.154. The molecule has 128 valence electrons. The van der Waals surface area contributed by atoms with E-state index >= 15 is 0 Å². The van der Waals surface area contributed by atoms with Crippen molar-refractivity contribution in [3.05, 3.63) is 34.4 Å². The summed E-state index contributed by atoms with van der Waals surface area (Å²) in [5.74, 6) is 1.51. The predicted molar refractivity (Wildman–Crippen MR) is 104 cm³/mol. The molecule has 0 aromatic heterocycles. The average Bonchev–Trinajstić information content (AvgIpc) is 3.19. The van der Waals surface area contributed by atoms with Crippen LogP contribution in [0.25, 0.3) is 0 Å². The number of halogens is 1. The van der Waals surface area contributed by atoms with Crippen LogP contribution in [0.5, 0.6) is 0 Å². The van der Waals surface area contributed by atoms with E-state index in [1.807, 2.05) is 6.92 Å². The summed E-state index contributed by atoms with van der Waals surface area (Å²) in [6, 6.07) is 7.15. The summed E-state index contributed by atoms with van der Waals surface area (Å²) in [5.41, 5.74) is 0.611. The van der Waals surface area contributed by atoms with Crippen LogP contribution in [0.2, 0.25) is 0 Å². The van der Waals surface area contributed by atoms with Crippen molar-refractivity contribution in [3.8, 4) is 0 Å². The van der Waals surface area contributed by atoms with E-state index in [1.54, 1.807) is 18.2 Å². The number of hydrogen-bond acceptors (Lipinski definition) is 4. The van der Waals surface area contributed by atoms with Crippen molar-refractivity contribution in [1.82, 2.24) is 10.6 Å². The van der Waals surface area contributed by atoms with Crippen molar-refractivity contribution < 1.29 is 4.92 Å². The molecular formula is C15H24IN5O2. The molecule has 1 aliphatic rings. The van der Waals surface area contributed by atoms with Gasteiger partial charge < -0.3 is 16.0 Å². The molecule has 2 rings (SSSR count). The lowest BCUT2D eigenvalue weighted by molar-refractivity contribution is -0.384. The standard InChI is InChI=1S/C15H23N5O2.HI/c1-3-16-15(19-13-10-11(13)2)18-9-8-17-12-6-4-5-7-14(12)20(21)22;/h4-7,11,13,17H,3,8-10H2,1-2H3,(H2,16,18,19);1H. The maximum Gasteiger partial charge on any atom is 0.292 e. The minimum Gasteiger partial charge on any atom is -0.378 e. The first kappa shape index (κ1) is 19.5. The third-order valence-corrected chi connectivity index (χ3v) is 3.57. The van der Waals surface area contributed by atoms with Gasteiger partial charge in [-0.1, -0.05) is 19.1 Å². The second kappa shape index (κ2) is 9.53. The Morgan fingerprint density at radius 2 is 2.13 bits per heavy atom. The van der Waals surface area contributed by atoms with Gasteiger partial charge in [0.2, 0.25) is 0 Å². The number of anilines is 1. The summed E-state index contributed by atoms with van der Waals surface area (Å²) >= 11 is 0. The van der Waals surface area contributed by atoms with Gasteiger partial charge in [0.1, 0.15) is 5.69 Å². The third kappa shape index (κ3) is 6.20. The molecule has 7 nitrogen and oxygen atoms in total. The van der Waals surface area contributed by atoms with E-state index < -0.39 is 0 Å². The van der Waals surface area contributed by atoms with Gasteiger partial charge in [0.05, 0.1) is 11.5 Å². The van der Waals surface area contributed by atoms with Gasteiger partial charge in [-0.15, -0.1) is 24.0 Å². The monoisotopic (exact) mass is 433 g/mol. The van der Waals surface area contributed by atoms with Crippen molar-refractivity contribution in [2.75, 3.05) is 25.0 Å². The van der Waals surface area contributed by atoms with Crippen LogP contribution in [-0.2, 0) is 0 Å². The fourth-order valence-electron chi connectivity index (χ4n) is 2.16. The van der Waals surface area contributed by atoms with Gasteiger partial charge in [0.25, 0.3) is 5.69 Å². The molecule has 0 heterocycles. The van der Waals surface area contributed by atoms with E-state index in [9.17, 15) is 10.1 Å². The Bertz CT molecular complexity index is 552. The first-order valence-electron chi connectivity index (χ1n) is 7.64. The van der Waals surface area contributed by atoms with Gasteiger partial charge >= 0.3 is 0 Å². The van der Waals surface area contributed by atoms with Gasteiger partial charge in [0, 0.05) is 25.2 Å². The normalized spacial score (nSPS) is 19.5. The molecule has 0 aliphatic heterocycles. The number of para-hydroxylation sites is 2. The highest BCUT2D eigenvalue weighted by Crippen LogP contribution is 2.28. The van der Waals surface area contributed by atoms with Crippen LogP contribution in [0, 0.1) is 16.0 Å². The minimum absolute atomic E-state index is 0. The predicted octanol–water partition coefficient (Wildman–Crippen LogP) is 2.59. The Morgan fingerprint density at radius 1 is 1.43 bits per heavy atom.